The molecule has 3 amide bonds. The topological polar surface area (TPSA) is 81.2 Å². The van der Waals surface area contributed by atoms with Crippen LogP contribution in [-0.4, -0.2) is 73.9 Å². The number of para-hydroxylation sites is 1. The lowest BCUT2D eigenvalue weighted by atomic mass is 9.77. The molecule has 7 nitrogen and oxygen atoms in total. The van der Waals surface area contributed by atoms with E-state index >= 15 is 4.79 Å². The first-order chi connectivity index (χ1) is 20.9. The normalized spacial score (nSPS) is 29.3. The molecule has 6 atom stereocenters. The lowest BCUT2D eigenvalue weighted by molar-refractivity contribution is -0.149. The van der Waals surface area contributed by atoms with Crippen molar-refractivity contribution in [3.05, 3.63) is 90.5 Å². The molecular formula is C36H43N3O4S. The molecule has 4 aliphatic rings. The van der Waals surface area contributed by atoms with Gasteiger partial charge in [-0.2, -0.15) is 0 Å². The Balaban J connectivity index is 1.49. The average Bonchev–Trinajstić information content (AvgIpc) is 3.28. The molecule has 1 spiro atoms. The summed E-state index contributed by atoms with van der Waals surface area (Å²) in [4.78, 5) is 49.7. The van der Waals surface area contributed by atoms with Crippen LogP contribution in [0.1, 0.15) is 52.6 Å². The third-order valence-electron chi connectivity index (χ3n) is 9.55. The summed E-state index contributed by atoms with van der Waals surface area (Å²) >= 11 is 1.57. The number of aliphatic hydroxyl groups excluding tert-OH is 1. The molecule has 2 fully saturated rings. The van der Waals surface area contributed by atoms with Gasteiger partial charge in [0.15, 0.2) is 0 Å². The smallest absolute Gasteiger partial charge is 0.247 e. The molecule has 232 valence electrons. The first kappa shape index (κ1) is 30.7. The Labute approximate surface area is 265 Å². The zero-order chi connectivity index (χ0) is 31.4. The van der Waals surface area contributed by atoms with Crippen molar-refractivity contribution in [2.24, 2.45) is 17.3 Å². The second-order valence-corrected chi connectivity index (χ2v) is 15.8. The second kappa shape index (κ2) is 11.2. The Bertz CT molecular complexity index is 1480. The molecule has 0 saturated carbocycles. The first-order valence-corrected chi connectivity index (χ1v) is 16.5. The van der Waals surface area contributed by atoms with Gasteiger partial charge in [-0.3, -0.25) is 14.4 Å². The summed E-state index contributed by atoms with van der Waals surface area (Å²) in [5.41, 5.74) is 1.02. The van der Waals surface area contributed by atoms with Crippen LogP contribution in [0.3, 0.4) is 0 Å². The highest BCUT2D eigenvalue weighted by Crippen LogP contribution is 2.62. The largest absolute Gasteiger partial charge is 0.394 e. The fourth-order valence-electron chi connectivity index (χ4n) is 8.22. The van der Waals surface area contributed by atoms with Gasteiger partial charge in [0.25, 0.3) is 0 Å². The van der Waals surface area contributed by atoms with Crippen LogP contribution in [0.5, 0.6) is 0 Å². The SMILES string of the molecule is CC(C)(C)CC(C)(C)N1CC=C[C@]23S[C@H]4C=CCN(c5ccccc5)C(=O)[C@H]4[C@H]2C(=O)N([C@H](CO)c2ccccc2)C3C1=O. The van der Waals surface area contributed by atoms with E-state index < -0.39 is 34.2 Å². The number of amides is 3. The van der Waals surface area contributed by atoms with Crippen molar-refractivity contribution in [2.75, 3.05) is 24.6 Å². The molecular weight excluding hydrogens is 570 g/mol. The van der Waals surface area contributed by atoms with E-state index in [1.165, 1.54) is 0 Å². The van der Waals surface area contributed by atoms with Crippen molar-refractivity contribution in [1.29, 1.82) is 0 Å². The highest BCUT2D eigenvalue weighted by Gasteiger charge is 2.72. The molecule has 0 bridgehead atoms. The highest BCUT2D eigenvalue weighted by atomic mass is 32.2. The summed E-state index contributed by atoms with van der Waals surface area (Å²) < 4.78 is -0.960. The van der Waals surface area contributed by atoms with Gasteiger partial charge in [-0.05, 0) is 43.4 Å². The van der Waals surface area contributed by atoms with Crippen LogP contribution in [-0.2, 0) is 14.4 Å². The van der Waals surface area contributed by atoms with Crippen LogP contribution < -0.4 is 4.90 Å². The number of anilines is 1. The summed E-state index contributed by atoms with van der Waals surface area (Å²) in [6, 6.07) is 17.4. The van der Waals surface area contributed by atoms with Gasteiger partial charge in [0.05, 0.1) is 29.2 Å². The average molecular weight is 614 g/mol. The number of fused-ring (bicyclic) bond motifs is 2. The fraction of sp³-hybridized carbons (Fsp3) is 0.472. The van der Waals surface area contributed by atoms with E-state index in [0.29, 0.717) is 13.1 Å². The quantitative estimate of drug-likeness (QED) is 0.451. The van der Waals surface area contributed by atoms with Gasteiger partial charge < -0.3 is 19.8 Å². The molecule has 8 heteroatoms. The Morgan fingerprint density at radius 3 is 2.18 bits per heavy atom. The van der Waals surface area contributed by atoms with Gasteiger partial charge >= 0.3 is 0 Å². The second-order valence-electron chi connectivity index (χ2n) is 14.3. The zero-order valence-corrected chi connectivity index (χ0v) is 27.0. The third-order valence-corrected chi connectivity index (χ3v) is 11.3. The first-order valence-electron chi connectivity index (χ1n) is 15.6. The number of benzene rings is 2. The van der Waals surface area contributed by atoms with E-state index in [9.17, 15) is 14.7 Å². The number of nitrogens with zero attached hydrogens (tertiary/aromatic N) is 3. The minimum Gasteiger partial charge on any atom is -0.394 e. The molecule has 0 aliphatic carbocycles. The van der Waals surface area contributed by atoms with Crippen LogP contribution >= 0.6 is 11.8 Å². The van der Waals surface area contributed by atoms with E-state index in [0.717, 1.165) is 17.7 Å². The number of carbonyl (C=O) groups excluding carboxylic acids is 3. The van der Waals surface area contributed by atoms with Crippen molar-refractivity contribution >= 4 is 35.2 Å². The number of rotatable bonds is 6. The molecule has 0 aromatic heterocycles. The van der Waals surface area contributed by atoms with Crippen LogP contribution in [0.4, 0.5) is 5.69 Å². The maximum Gasteiger partial charge on any atom is 0.247 e. The van der Waals surface area contributed by atoms with Gasteiger partial charge in [0, 0.05) is 29.6 Å². The Morgan fingerprint density at radius 1 is 0.886 bits per heavy atom. The Kier molecular flexibility index (Phi) is 7.82. The van der Waals surface area contributed by atoms with Crippen LogP contribution in [0.25, 0.3) is 0 Å². The molecule has 4 heterocycles. The number of hydrogen-bond acceptors (Lipinski definition) is 5. The minimum absolute atomic E-state index is 0.0315. The standard InChI is InChI=1S/C36H43N3O4S/c1-34(2,3)23-35(4,5)38-21-13-19-36-29(28-27(44-36)18-12-20-37(31(28)41)25-16-10-7-11-17-25)32(42)39(30(36)33(38)43)26(22-40)24-14-8-6-9-15-24/h6-19,26-30,40H,20-23H2,1-5H3/t26-,27+,28-,29+,30?,36+/m1/s1. The van der Waals surface area contributed by atoms with Gasteiger partial charge in [-0.15, -0.1) is 11.8 Å². The lowest BCUT2D eigenvalue weighted by Crippen LogP contribution is -2.59. The minimum atomic E-state index is -0.960. The maximum atomic E-state index is 15.0. The maximum absolute atomic E-state index is 15.0. The number of carbonyl (C=O) groups is 3. The van der Waals surface area contributed by atoms with E-state index in [1.807, 2.05) is 77.7 Å². The molecule has 2 saturated heterocycles. The van der Waals surface area contributed by atoms with Crippen LogP contribution in [0, 0.1) is 17.3 Å². The summed E-state index contributed by atoms with van der Waals surface area (Å²) in [7, 11) is 0. The third kappa shape index (κ3) is 5.00. The number of hydrogen-bond donors (Lipinski definition) is 1. The van der Waals surface area contributed by atoms with E-state index in [1.54, 1.807) is 21.6 Å². The van der Waals surface area contributed by atoms with E-state index in [4.69, 9.17) is 0 Å². The summed E-state index contributed by atoms with van der Waals surface area (Å²) in [5, 5.41) is 10.6. The van der Waals surface area contributed by atoms with Gasteiger partial charge in [-0.25, -0.2) is 0 Å². The monoisotopic (exact) mass is 613 g/mol. The Morgan fingerprint density at radius 2 is 1.55 bits per heavy atom. The predicted molar refractivity (Wildman–Crippen MR) is 175 cm³/mol. The fourth-order valence-corrected chi connectivity index (χ4v) is 10.2. The molecule has 1 unspecified atom stereocenters. The van der Waals surface area contributed by atoms with Crippen molar-refractivity contribution in [3.8, 4) is 0 Å². The number of likely N-dealkylation sites (tertiary alicyclic amines) is 1. The number of aliphatic hydroxyl groups is 1. The van der Waals surface area contributed by atoms with Gasteiger partial charge in [0.1, 0.15) is 6.04 Å². The molecule has 44 heavy (non-hydrogen) atoms. The van der Waals surface area contributed by atoms with Crippen molar-refractivity contribution in [3.63, 3.8) is 0 Å². The highest BCUT2D eigenvalue weighted by molar-refractivity contribution is 8.02. The van der Waals surface area contributed by atoms with E-state index in [-0.39, 0.29) is 35.0 Å². The van der Waals surface area contributed by atoms with Crippen molar-refractivity contribution < 1.29 is 19.5 Å². The van der Waals surface area contributed by atoms with E-state index in [2.05, 4.69) is 46.8 Å². The van der Waals surface area contributed by atoms with Crippen LogP contribution in [0.2, 0.25) is 0 Å². The summed E-state index contributed by atoms with van der Waals surface area (Å²) in [6.45, 7) is 11.2. The van der Waals surface area contributed by atoms with Gasteiger partial charge in [-0.1, -0.05) is 93.6 Å². The van der Waals surface area contributed by atoms with Gasteiger partial charge in [0.2, 0.25) is 17.7 Å². The summed E-state index contributed by atoms with van der Waals surface area (Å²) in [6.07, 6.45) is 8.93. The zero-order valence-electron chi connectivity index (χ0n) is 26.2. The lowest BCUT2D eigenvalue weighted by Gasteiger charge is -2.45. The predicted octanol–water partition coefficient (Wildman–Crippen LogP) is 5.23. The molecule has 1 N–H and O–H groups in total. The Hall–Kier alpha value is -3.36. The summed E-state index contributed by atoms with van der Waals surface area (Å²) in [5.74, 6) is -1.89. The van der Waals surface area contributed by atoms with Crippen LogP contribution in [0.15, 0.2) is 85.0 Å². The van der Waals surface area contributed by atoms with Crippen molar-refractivity contribution in [1.82, 2.24) is 9.80 Å². The molecule has 0 radical (unpaired) electrons. The molecule has 6 rings (SSSR count). The molecule has 4 aliphatic heterocycles. The van der Waals surface area contributed by atoms with Crippen molar-refractivity contribution in [2.45, 2.75) is 68.7 Å². The number of thioether (sulfide) groups is 1. The molecule has 2 aromatic rings. The molecule has 2 aromatic carbocycles.